The first kappa shape index (κ1) is 15.0. The van der Waals surface area contributed by atoms with E-state index >= 15 is 0 Å². The van der Waals surface area contributed by atoms with Crippen LogP contribution in [0.4, 0.5) is 5.69 Å². The van der Waals surface area contributed by atoms with Gasteiger partial charge in [-0.25, -0.2) is 0 Å². The van der Waals surface area contributed by atoms with Gasteiger partial charge in [0.25, 0.3) is 0 Å². The molecule has 0 atom stereocenters. The first-order valence-electron chi connectivity index (χ1n) is 5.99. The van der Waals surface area contributed by atoms with Crippen molar-refractivity contribution in [2.45, 2.75) is 26.3 Å². The first-order chi connectivity index (χ1) is 8.87. The molecule has 1 aromatic carbocycles. The van der Waals surface area contributed by atoms with E-state index in [9.17, 15) is 4.79 Å². The van der Waals surface area contributed by atoms with Crippen LogP contribution in [0, 0.1) is 11.3 Å². The monoisotopic (exact) mass is 261 g/mol. The van der Waals surface area contributed by atoms with E-state index in [1.165, 1.54) is 7.11 Å². The second kappa shape index (κ2) is 6.21. The molecule has 0 heterocycles. The Balaban J connectivity index is 2.82. The van der Waals surface area contributed by atoms with Gasteiger partial charge in [0.05, 0.1) is 19.2 Å². The Morgan fingerprint density at radius 1 is 1.42 bits per heavy atom. The molecule has 19 heavy (non-hydrogen) atoms. The normalized spacial score (nSPS) is 10.7. The van der Waals surface area contributed by atoms with Gasteiger partial charge in [-0.3, -0.25) is 4.79 Å². The molecular formula is C14H19N3O2. The minimum Gasteiger partial charge on any atom is -0.495 e. The van der Waals surface area contributed by atoms with Crippen LogP contribution in [0.5, 0.6) is 5.75 Å². The van der Waals surface area contributed by atoms with Crippen molar-refractivity contribution in [2.24, 2.45) is 0 Å². The maximum Gasteiger partial charge on any atom is 0.238 e. The number of para-hydroxylation sites is 1. The zero-order chi connectivity index (χ0) is 14.5. The van der Waals surface area contributed by atoms with Crippen LogP contribution in [0.1, 0.15) is 26.3 Å². The van der Waals surface area contributed by atoms with Crippen molar-refractivity contribution in [1.82, 2.24) is 5.32 Å². The number of amides is 1. The van der Waals surface area contributed by atoms with Crippen molar-refractivity contribution in [3.63, 3.8) is 0 Å². The standard InChI is InChI=1S/C14H19N3O2/c1-14(2,3)16-9-12(18)17-13-10(8-15)6-5-7-11(13)19-4/h5-7,16H,9H2,1-4H3,(H,17,18). The zero-order valence-electron chi connectivity index (χ0n) is 11.7. The molecule has 0 spiro atoms. The second-order valence-corrected chi connectivity index (χ2v) is 5.15. The minimum atomic E-state index is -0.212. The van der Waals surface area contributed by atoms with Crippen molar-refractivity contribution in [1.29, 1.82) is 5.26 Å². The summed E-state index contributed by atoms with van der Waals surface area (Å²) in [4.78, 5) is 11.9. The molecule has 0 unspecified atom stereocenters. The van der Waals surface area contributed by atoms with E-state index in [2.05, 4.69) is 10.6 Å². The van der Waals surface area contributed by atoms with Crippen molar-refractivity contribution in [3.8, 4) is 11.8 Å². The van der Waals surface area contributed by atoms with Crippen LogP contribution in [-0.2, 0) is 4.79 Å². The molecule has 0 aliphatic rings. The highest BCUT2D eigenvalue weighted by atomic mass is 16.5. The van der Waals surface area contributed by atoms with Gasteiger partial charge in [0.15, 0.2) is 0 Å². The summed E-state index contributed by atoms with van der Waals surface area (Å²) in [6.45, 7) is 6.10. The van der Waals surface area contributed by atoms with Gasteiger partial charge in [-0.15, -0.1) is 0 Å². The van der Waals surface area contributed by atoms with E-state index in [0.29, 0.717) is 17.0 Å². The zero-order valence-corrected chi connectivity index (χ0v) is 11.7. The fourth-order valence-electron chi connectivity index (χ4n) is 1.45. The number of nitrogens with one attached hydrogen (secondary N) is 2. The van der Waals surface area contributed by atoms with Crippen LogP contribution in [0.25, 0.3) is 0 Å². The third-order valence-corrected chi connectivity index (χ3v) is 2.41. The lowest BCUT2D eigenvalue weighted by atomic mass is 10.1. The van der Waals surface area contributed by atoms with E-state index in [4.69, 9.17) is 10.00 Å². The van der Waals surface area contributed by atoms with Crippen molar-refractivity contribution in [2.75, 3.05) is 19.0 Å². The Morgan fingerprint density at radius 2 is 2.11 bits per heavy atom. The number of carbonyl (C=O) groups excluding carboxylic acids is 1. The number of rotatable bonds is 4. The summed E-state index contributed by atoms with van der Waals surface area (Å²) in [5.74, 6) is 0.263. The molecule has 102 valence electrons. The molecule has 0 saturated carbocycles. The highest BCUT2D eigenvalue weighted by Crippen LogP contribution is 2.27. The van der Waals surface area contributed by atoms with Gasteiger partial charge < -0.3 is 15.4 Å². The van der Waals surface area contributed by atoms with Crippen molar-refractivity contribution >= 4 is 11.6 Å². The average molecular weight is 261 g/mol. The summed E-state index contributed by atoms with van der Waals surface area (Å²) in [6, 6.07) is 7.08. The fourth-order valence-corrected chi connectivity index (χ4v) is 1.45. The van der Waals surface area contributed by atoms with Crippen LogP contribution in [0.15, 0.2) is 18.2 Å². The van der Waals surface area contributed by atoms with Crippen LogP contribution in [-0.4, -0.2) is 25.1 Å². The van der Waals surface area contributed by atoms with Gasteiger partial charge in [0.2, 0.25) is 5.91 Å². The molecule has 0 fully saturated rings. The molecular weight excluding hydrogens is 242 g/mol. The number of anilines is 1. The Bertz CT molecular complexity index is 498. The Kier molecular flexibility index (Phi) is 4.90. The van der Waals surface area contributed by atoms with Gasteiger partial charge in [-0.05, 0) is 32.9 Å². The van der Waals surface area contributed by atoms with E-state index < -0.39 is 0 Å². The molecule has 5 nitrogen and oxygen atoms in total. The van der Waals surface area contributed by atoms with Crippen molar-refractivity contribution in [3.05, 3.63) is 23.8 Å². The Morgan fingerprint density at radius 3 is 2.63 bits per heavy atom. The molecule has 2 N–H and O–H groups in total. The lowest BCUT2D eigenvalue weighted by Gasteiger charge is -2.20. The van der Waals surface area contributed by atoms with Gasteiger partial charge >= 0.3 is 0 Å². The van der Waals surface area contributed by atoms with E-state index in [1.807, 2.05) is 26.8 Å². The Labute approximate surface area is 113 Å². The maximum atomic E-state index is 11.9. The summed E-state index contributed by atoms with van der Waals surface area (Å²) in [7, 11) is 1.50. The summed E-state index contributed by atoms with van der Waals surface area (Å²) in [5.41, 5.74) is 0.646. The smallest absolute Gasteiger partial charge is 0.238 e. The second-order valence-electron chi connectivity index (χ2n) is 5.15. The average Bonchev–Trinajstić information content (AvgIpc) is 2.35. The van der Waals surface area contributed by atoms with Crippen LogP contribution in [0.3, 0.4) is 0 Å². The molecule has 0 aliphatic carbocycles. The predicted molar refractivity (Wildman–Crippen MR) is 74.1 cm³/mol. The largest absolute Gasteiger partial charge is 0.495 e. The highest BCUT2D eigenvalue weighted by molar-refractivity contribution is 5.95. The lowest BCUT2D eigenvalue weighted by molar-refractivity contribution is -0.115. The minimum absolute atomic E-state index is 0.143. The number of hydrogen-bond acceptors (Lipinski definition) is 4. The van der Waals surface area contributed by atoms with E-state index in [-0.39, 0.29) is 18.0 Å². The highest BCUT2D eigenvalue weighted by Gasteiger charge is 2.15. The van der Waals surface area contributed by atoms with Crippen molar-refractivity contribution < 1.29 is 9.53 Å². The summed E-state index contributed by atoms with van der Waals surface area (Å²) in [6.07, 6.45) is 0. The Hall–Kier alpha value is -2.06. The molecule has 1 aromatic rings. The molecule has 5 heteroatoms. The number of hydrogen-bond donors (Lipinski definition) is 2. The van der Waals surface area contributed by atoms with Gasteiger partial charge in [0.1, 0.15) is 17.5 Å². The summed E-state index contributed by atoms with van der Waals surface area (Å²) < 4.78 is 5.15. The number of benzene rings is 1. The molecule has 0 aromatic heterocycles. The first-order valence-corrected chi connectivity index (χ1v) is 5.99. The van der Waals surface area contributed by atoms with Crippen LogP contribution < -0.4 is 15.4 Å². The third kappa shape index (κ3) is 4.60. The summed E-state index contributed by atoms with van der Waals surface area (Å²) >= 11 is 0. The topological polar surface area (TPSA) is 74.1 Å². The van der Waals surface area contributed by atoms with Gasteiger partial charge in [-0.1, -0.05) is 6.07 Å². The van der Waals surface area contributed by atoms with Gasteiger partial charge in [-0.2, -0.15) is 5.26 Å². The molecule has 0 radical (unpaired) electrons. The number of methoxy groups -OCH3 is 1. The summed E-state index contributed by atoms with van der Waals surface area (Å²) in [5, 5.41) is 14.8. The number of nitrogens with zero attached hydrogens (tertiary/aromatic N) is 1. The molecule has 1 rings (SSSR count). The number of ether oxygens (including phenoxy) is 1. The lowest BCUT2D eigenvalue weighted by Crippen LogP contribution is -2.41. The van der Waals surface area contributed by atoms with Crippen LogP contribution in [0.2, 0.25) is 0 Å². The third-order valence-electron chi connectivity index (χ3n) is 2.41. The van der Waals surface area contributed by atoms with Crippen LogP contribution >= 0.6 is 0 Å². The molecule has 0 bridgehead atoms. The number of carbonyl (C=O) groups is 1. The van der Waals surface area contributed by atoms with E-state index in [0.717, 1.165) is 0 Å². The molecule has 0 saturated heterocycles. The van der Waals surface area contributed by atoms with E-state index in [1.54, 1.807) is 18.2 Å². The maximum absolute atomic E-state index is 11.9. The fraction of sp³-hybridized carbons (Fsp3) is 0.429. The molecule has 0 aliphatic heterocycles. The predicted octanol–water partition coefficient (Wildman–Crippen LogP) is 1.89. The van der Waals surface area contributed by atoms with Gasteiger partial charge in [0, 0.05) is 5.54 Å². The quantitative estimate of drug-likeness (QED) is 0.868. The SMILES string of the molecule is COc1cccc(C#N)c1NC(=O)CNC(C)(C)C. The number of nitriles is 1. The molecule has 1 amide bonds.